The van der Waals surface area contributed by atoms with Gasteiger partial charge in [-0.25, -0.2) is 0 Å². The third-order valence-corrected chi connectivity index (χ3v) is 3.36. The summed E-state index contributed by atoms with van der Waals surface area (Å²) in [6, 6.07) is 6.11. The summed E-state index contributed by atoms with van der Waals surface area (Å²) in [7, 11) is 0. The molecule has 0 aliphatic heterocycles. The van der Waals surface area contributed by atoms with Crippen LogP contribution in [0, 0.1) is 6.92 Å². The number of aryl methyl sites for hydroxylation is 2. The Labute approximate surface area is 93.5 Å². The predicted octanol–water partition coefficient (Wildman–Crippen LogP) is 2.32. The van der Waals surface area contributed by atoms with E-state index in [1.54, 1.807) is 11.3 Å². The molecule has 1 atom stereocenters. The van der Waals surface area contributed by atoms with Gasteiger partial charge in [-0.15, -0.1) is 11.3 Å². The molecular weight excluding hydrogens is 206 g/mol. The first-order valence-electron chi connectivity index (χ1n) is 5.05. The lowest BCUT2D eigenvalue weighted by molar-refractivity contribution is 0.600. The number of thiophene rings is 1. The highest BCUT2D eigenvalue weighted by Crippen LogP contribution is 2.24. The first kappa shape index (κ1) is 10.4. The summed E-state index contributed by atoms with van der Waals surface area (Å²) in [5.41, 5.74) is 8.32. The third kappa shape index (κ3) is 1.96. The highest BCUT2D eigenvalue weighted by atomic mass is 32.1. The van der Waals surface area contributed by atoms with Crippen LogP contribution in [0.3, 0.4) is 0 Å². The van der Waals surface area contributed by atoms with Gasteiger partial charge in [0.15, 0.2) is 0 Å². The van der Waals surface area contributed by atoms with E-state index in [9.17, 15) is 0 Å². The predicted molar refractivity (Wildman–Crippen MR) is 63.0 cm³/mol. The molecule has 0 aromatic carbocycles. The van der Waals surface area contributed by atoms with Crippen LogP contribution in [0.15, 0.2) is 23.6 Å². The standard InChI is InChI=1S/C11H15N3S/c1-3-14-9(7-8(2)13-14)11(12)10-5-4-6-15-10/h4-7,11H,3,12H2,1-2H3. The minimum Gasteiger partial charge on any atom is -0.318 e. The summed E-state index contributed by atoms with van der Waals surface area (Å²) in [4.78, 5) is 1.18. The normalized spacial score (nSPS) is 13.0. The lowest BCUT2D eigenvalue weighted by Crippen LogP contribution is -2.15. The van der Waals surface area contributed by atoms with E-state index in [0.29, 0.717) is 0 Å². The van der Waals surface area contributed by atoms with Crippen LogP contribution in [0.5, 0.6) is 0 Å². The zero-order valence-electron chi connectivity index (χ0n) is 8.97. The third-order valence-electron chi connectivity index (χ3n) is 2.40. The largest absolute Gasteiger partial charge is 0.318 e. The number of hydrogen-bond donors (Lipinski definition) is 1. The molecule has 0 saturated carbocycles. The van der Waals surface area contributed by atoms with Gasteiger partial charge in [-0.2, -0.15) is 5.10 Å². The minimum absolute atomic E-state index is 0.0499. The van der Waals surface area contributed by atoms with Crippen LogP contribution in [-0.4, -0.2) is 9.78 Å². The Hall–Kier alpha value is -1.13. The van der Waals surface area contributed by atoms with Crippen LogP contribution >= 0.6 is 11.3 Å². The average molecular weight is 221 g/mol. The Balaban J connectivity index is 2.36. The first-order chi connectivity index (χ1) is 7.22. The van der Waals surface area contributed by atoms with Crippen molar-refractivity contribution in [3.63, 3.8) is 0 Å². The van der Waals surface area contributed by atoms with Crippen LogP contribution in [-0.2, 0) is 6.54 Å². The van der Waals surface area contributed by atoms with Gasteiger partial charge >= 0.3 is 0 Å². The van der Waals surface area contributed by atoms with Crippen molar-refractivity contribution in [1.82, 2.24) is 9.78 Å². The highest BCUT2D eigenvalue weighted by Gasteiger charge is 2.15. The summed E-state index contributed by atoms with van der Waals surface area (Å²) < 4.78 is 1.97. The molecule has 3 nitrogen and oxygen atoms in total. The van der Waals surface area contributed by atoms with Gasteiger partial charge in [0.25, 0.3) is 0 Å². The molecule has 15 heavy (non-hydrogen) atoms. The van der Waals surface area contributed by atoms with E-state index >= 15 is 0 Å². The van der Waals surface area contributed by atoms with Crippen LogP contribution in [0.2, 0.25) is 0 Å². The molecule has 0 fully saturated rings. The zero-order chi connectivity index (χ0) is 10.8. The van der Waals surface area contributed by atoms with Crippen LogP contribution in [0.25, 0.3) is 0 Å². The maximum atomic E-state index is 6.20. The molecule has 2 aromatic rings. The van der Waals surface area contributed by atoms with Crippen molar-refractivity contribution in [3.8, 4) is 0 Å². The molecule has 0 aliphatic carbocycles. The molecule has 0 spiro atoms. The molecule has 0 bridgehead atoms. The Bertz CT molecular complexity index is 431. The highest BCUT2D eigenvalue weighted by molar-refractivity contribution is 7.10. The molecule has 2 aromatic heterocycles. The molecular formula is C11H15N3S. The van der Waals surface area contributed by atoms with E-state index in [0.717, 1.165) is 17.9 Å². The van der Waals surface area contributed by atoms with Crippen LogP contribution < -0.4 is 5.73 Å². The summed E-state index contributed by atoms with van der Waals surface area (Å²) in [6.45, 7) is 4.94. The van der Waals surface area contributed by atoms with E-state index in [-0.39, 0.29) is 6.04 Å². The van der Waals surface area contributed by atoms with Crippen LogP contribution in [0.4, 0.5) is 0 Å². The zero-order valence-corrected chi connectivity index (χ0v) is 9.79. The van der Waals surface area contributed by atoms with E-state index < -0.39 is 0 Å². The summed E-state index contributed by atoms with van der Waals surface area (Å²) in [5.74, 6) is 0. The smallest absolute Gasteiger partial charge is 0.0817 e. The fourth-order valence-electron chi connectivity index (χ4n) is 1.68. The maximum absolute atomic E-state index is 6.20. The van der Waals surface area contributed by atoms with E-state index in [2.05, 4.69) is 29.5 Å². The second-order valence-corrected chi connectivity index (χ2v) is 4.50. The molecule has 2 N–H and O–H groups in total. The molecule has 80 valence electrons. The number of aromatic nitrogens is 2. The SMILES string of the molecule is CCn1nc(C)cc1C(N)c1cccs1. The average Bonchev–Trinajstić information content (AvgIpc) is 2.84. The lowest BCUT2D eigenvalue weighted by atomic mass is 10.2. The molecule has 0 saturated heterocycles. The molecule has 0 amide bonds. The number of nitrogens with two attached hydrogens (primary N) is 1. The minimum atomic E-state index is -0.0499. The molecule has 2 rings (SSSR count). The van der Waals surface area contributed by atoms with Gasteiger partial charge in [0, 0.05) is 11.4 Å². The summed E-state index contributed by atoms with van der Waals surface area (Å²) in [6.07, 6.45) is 0. The second-order valence-electron chi connectivity index (χ2n) is 3.52. The van der Waals surface area contributed by atoms with E-state index in [4.69, 9.17) is 5.73 Å². The second kappa shape index (κ2) is 4.16. The van der Waals surface area contributed by atoms with Gasteiger partial charge < -0.3 is 5.73 Å². The monoisotopic (exact) mass is 221 g/mol. The quantitative estimate of drug-likeness (QED) is 0.864. The van der Waals surface area contributed by atoms with Gasteiger partial charge in [-0.3, -0.25) is 4.68 Å². The van der Waals surface area contributed by atoms with Gasteiger partial charge in [0.05, 0.1) is 17.4 Å². The van der Waals surface area contributed by atoms with E-state index in [1.807, 2.05) is 17.7 Å². The summed E-state index contributed by atoms with van der Waals surface area (Å²) >= 11 is 1.69. The fraction of sp³-hybridized carbons (Fsp3) is 0.364. The number of rotatable bonds is 3. The molecule has 4 heteroatoms. The lowest BCUT2D eigenvalue weighted by Gasteiger charge is -2.11. The number of nitrogens with zero attached hydrogens (tertiary/aromatic N) is 2. The molecule has 2 heterocycles. The summed E-state index contributed by atoms with van der Waals surface area (Å²) in [5, 5.41) is 6.45. The van der Waals surface area contributed by atoms with Crippen molar-refractivity contribution >= 4 is 11.3 Å². The Kier molecular flexibility index (Phi) is 2.88. The van der Waals surface area contributed by atoms with Crippen molar-refractivity contribution in [2.75, 3.05) is 0 Å². The topological polar surface area (TPSA) is 43.8 Å². The van der Waals surface area contributed by atoms with Crippen molar-refractivity contribution in [2.24, 2.45) is 5.73 Å². The fourth-order valence-corrected chi connectivity index (χ4v) is 2.42. The van der Waals surface area contributed by atoms with Crippen molar-refractivity contribution in [1.29, 1.82) is 0 Å². The molecule has 0 aliphatic rings. The Morgan fingerprint density at radius 1 is 1.60 bits per heavy atom. The molecule has 1 unspecified atom stereocenters. The maximum Gasteiger partial charge on any atom is 0.0817 e. The van der Waals surface area contributed by atoms with Crippen molar-refractivity contribution < 1.29 is 0 Å². The van der Waals surface area contributed by atoms with Gasteiger partial charge in [-0.1, -0.05) is 6.07 Å². The van der Waals surface area contributed by atoms with Gasteiger partial charge in [0.1, 0.15) is 0 Å². The van der Waals surface area contributed by atoms with Crippen molar-refractivity contribution in [3.05, 3.63) is 39.8 Å². The van der Waals surface area contributed by atoms with Gasteiger partial charge in [-0.05, 0) is 31.4 Å². The first-order valence-corrected chi connectivity index (χ1v) is 5.93. The number of hydrogen-bond acceptors (Lipinski definition) is 3. The molecule has 0 radical (unpaired) electrons. The van der Waals surface area contributed by atoms with Gasteiger partial charge in [0.2, 0.25) is 0 Å². The van der Waals surface area contributed by atoms with Crippen molar-refractivity contribution in [2.45, 2.75) is 26.4 Å². The Morgan fingerprint density at radius 2 is 2.40 bits per heavy atom. The Morgan fingerprint density at radius 3 is 3.00 bits per heavy atom. The van der Waals surface area contributed by atoms with E-state index in [1.165, 1.54) is 4.88 Å². The van der Waals surface area contributed by atoms with Crippen LogP contribution in [0.1, 0.15) is 29.2 Å².